The van der Waals surface area contributed by atoms with Gasteiger partial charge >= 0.3 is 0 Å². The molecule has 0 saturated heterocycles. The van der Waals surface area contributed by atoms with Gasteiger partial charge in [-0.2, -0.15) is 16.6 Å². The maximum absolute atomic E-state index is 12.2. The van der Waals surface area contributed by atoms with Crippen molar-refractivity contribution in [1.82, 2.24) is 5.32 Å². The van der Waals surface area contributed by atoms with Crippen LogP contribution in [0.3, 0.4) is 0 Å². The Morgan fingerprint density at radius 1 is 1.39 bits per heavy atom. The van der Waals surface area contributed by atoms with Gasteiger partial charge in [0.2, 0.25) is 0 Å². The standard InChI is InChI=1S/C18H18N2O2S/c1-17(22,15-6-9-23-10-15)12-20-16(21)13-2-4-14(5-3-13)18(11-19)7-8-18/h2-6,9-10,22H,7-8,12H2,1H3,(H,20,21). The van der Waals surface area contributed by atoms with Crippen molar-refractivity contribution < 1.29 is 9.90 Å². The van der Waals surface area contributed by atoms with Crippen LogP contribution in [0.1, 0.15) is 41.3 Å². The molecule has 0 aliphatic heterocycles. The van der Waals surface area contributed by atoms with E-state index in [4.69, 9.17) is 0 Å². The first-order valence-electron chi connectivity index (χ1n) is 7.52. The van der Waals surface area contributed by atoms with Crippen LogP contribution in [0.5, 0.6) is 0 Å². The fourth-order valence-corrected chi connectivity index (χ4v) is 3.34. The van der Waals surface area contributed by atoms with E-state index in [2.05, 4.69) is 11.4 Å². The van der Waals surface area contributed by atoms with Gasteiger partial charge in [-0.25, -0.2) is 0 Å². The average molecular weight is 326 g/mol. The Hall–Kier alpha value is -2.16. The Morgan fingerprint density at radius 3 is 2.61 bits per heavy atom. The van der Waals surface area contributed by atoms with Crippen LogP contribution in [0.4, 0.5) is 0 Å². The third kappa shape index (κ3) is 3.14. The summed E-state index contributed by atoms with van der Waals surface area (Å²) in [7, 11) is 0. The predicted octanol–water partition coefficient (Wildman–Crippen LogP) is 2.94. The van der Waals surface area contributed by atoms with Gasteiger partial charge in [0.15, 0.2) is 0 Å². The van der Waals surface area contributed by atoms with Crippen molar-refractivity contribution in [2.75, 3.05) is 6.54 Å². The second-order valence-electron chi connectivity index (χ2n) is 6.24. The Balaban J connectivity index is 1.64. The van der Waals surface area contributed by atoms with Crippen LogP contribution in [0.15, 0.2) is 41.1 Å². The Kier molecular flexibility index (Phi) is 3.97. The van der Waals surface area contributed by atoms with Crippen molar-refractivity contribution in [3.05, 3.63) is 57.8 Å². The van der Waals surface area contributed by atoms with E-state index >= 15 is 0 Å². The lowest BCUT2D eigenvalue weighted by atomic mass is 9.96. The number of rotatable bonds is 5. The van der Waals surface area contributed by atoms with Gasteiger partial charge in [0.05, 0.1) is 18.0 Å². The van der Waals surface area contributed by atoms with Crippen LogP contribution in [0, 0.1) is 11.3 Å². The summed E-state index contributed by atoms with van der Waals surface area (Å²) in [6.45, 7) is 1.83. The first kappa shape index (κ1) is 15.7. The number of benzene rings is 1. The lowest BCUT2D eigenvalue weighted by Crippen LogP contribution is -2.38. The molecule has 5 heteroatoms. The fraction of sp³-hybridized carbons (Fsp3) is 0.333. The van der Waals surface area contributed by atoms with E-state index in [1.165, 1.54) is 11.3 Å². The van der Waals surface area contributed by atoms with Gasteiger partial charge in [-0.1, -0.05) is 12.1 Å². The summed E-state index contributed by atoms with van der Waals surface area (Å²) in [5, 5.41) is 26.1. The molecule has 1 fully saturated rings. The zero-order valence-electron chi connectivity index (χ0n) is 12.9. The number of amides is 1. The molecule has 1 saturated carbocycles. The predicted molar refractivity (Wildman–Crippen MR) is 89.2 cm³/mol. The lowest BCUT2D eigenvalue weighted by molar-refractivity contribution is 0.0530. The molecule has 0 bridgehead atoms. The molecule has 2 N–H and O–H groups in total. The molecule has 1 unspecified atom stereocenters. The summed E-state index contributed by atoms with van der Waals surface area (Å²) in [6.07, 6.45) is 1.77. The molecule has 1 aliphatic rings. The quantitative estimate of drug-likeness (QED) is 0.887. The fourth-order valence-electron chi connectivity index (χ4n) is 2.56. The summed E-state index contributed by atoms with van der Waals surface area (Å²) >= 11 is 1.51. The molecular weight excluding hydrogens is 308 g/mol. The molecule has 23 heavy (non-hydrogen) atoms. The van der Waals surface area contributed by atoms with Crippen molar-refractivity contribution in [3.8, 4) is 6.07 Å². The summed E-state index contributed by atoms with van der Waals surface area (Å²) < 4.78 is 0. The highest BCUT2D eigenvalue weighted by molar-refractivity contribution is 7.08. The number of aliphatic hydroxyl groups is 1. The third-order valence-corrected chi connectivity index (χ3v) is 5.08. The van der Waals surface area contributed by atoms with Gasteiger partial charge in [-0.3, -0.25) is 4.79 Å². The number of hydrogen-bond donors (Lipinski definition) is 2. The highest BCUT2D eigenvalue weighted by Gasteiger charge is 2.44. The van der Waals surface area contributed by atoms with E-state index in [0.717, 1.165) is 24.0 Å². The van der Waals surface area contributed by atoms with Crippen molar-refractivity contribution in [1.29, 1.82) is 5.26 Å². The van der Waals surface area contributed by atoms with Gasteiger partial charge in [-0.05, 0) is 59.9 Å². The SMILES string of the molecule is CC(O)(CNC(=O)c1ccc(C2(C#N)CC2)cc1)c1ccsc1. The summed E-state index contributed by atoms with van der Waals surface area (Å²) in [5.41, 5.74) is 0.875. The van der Waals surface area contributed by atoms with Crippen LogP contribution in [-0.2, 0) is 11.0 Å². The van der Waals surface area contributed by atoms with Gasteiger partial charge in [0.25, 0.3) is 5.91 Å². The molecule has 0 radical (unpaired) electrons. The molecule has 1 aliphatic carbocycles. The number of carbonyl (C=O) groups excluding carboxylic acids is 1. The molecule has 1 amide bonds. The average Bonchev–Trinajstić information content (AvgIpc) is 3.16. The molecule has 118 valence electrons. The number of carbonyl (C=O) groups is 1. The third-order valence-electron chi connectivity index (χ3n) is 4.40. The Bertz CT molecular complexity index is 738. The highest BCUT2D eigenvalue weighted by Crippen LogP contribution is 2.47. The molecular formula is C18H18N2O2S. The number of nitrogens with zero attached hydrogens (tertiary/aromatic N) is 1. The van der Waals surface area contributed by atoms with Crippen molar-refractivity contribution >= 4 is 17.2 Å². The van der Waals surface area contributed by atoms with E-state index in [1.54, 1.807) is 19.1 Å². The monoisotopic (exact) mass is 326 g/mol. The minimum atomic E-state index is -1.09. The van der Waals surface area contributed by atoms with Crippen molar-refractivity contribution in [2.45, 2.75) is 30.8 Å². The molecule has 1 atom stereocenters. The largest absolute Gasteiger partial charge is 0.384 e. The van der Waals surface area contributed by atoms with Crippen molar-refractivity contribution in [2.24, 2.45) is 0 Å². The first-order valence-corrected chi connectivity index (χ1v) is 8.46. The molecule has 3 rings (SSSR count). The van der Waals surface area contributed by atoms with E-state index in [9.17, 15) is 15.2 Å². The van der Waals surface area contributed by atoms with Gasteiger partial charge in [0.1, 0.15) is 5.60 Å². The topological polar surface area (TPSA) is 73.1 Å². The molecule has 0 spiro atoms. The van der Waals surface area contributed by atoms with Crippen LogP contribution in [0.2, 0.25) is 0 Å². The zero-order chi connectivity index (χ0) is 16.5. The molecule has 1 heterocycles. The maximum Gasteiger partial charge on any atom is 0.251 e. The smallest absolute Gasteiger partial charge is 0.251 e. The number of thiophene rings is 1. The second-order valence-corrected chi connectivity index (χ2v) is 7.02. The summed E-state index contributed by atoms with van der Waals surface area (Å²) in [5.74, 6) is -0.228. The van der Waals surface area contributed by atoms with Crippen LogP contribution >= 0.6 is 11.3 Å². The highest BCUT2D eigenvalue weighted by atomic mass is 32.1. The van der Waals surface area contributed by atoms with Gasteiger partial charge in [0, 0.05) is 5.56 Å². The summed E-state index contributed by atoms with van der Waals surface area (Å²) in [6, 6.07) is 11.4. The lowest BCUT2D eigenvalue weighted by Gasteiger charge is -2.22. The van der Waals surface area contributed by atoms with E-state index in [1.807, 2.05) is 29.0 Å². The number of hydrogen-bond acceptors (Lipinski definition) is 4. The van der Waals surface area contributed by atoms with E-state index in [-0.39, 0.29) is 17.9 Å². The van der Waals surface area contributed by atoms with E-state index < -0.39 is 5.60 Å². The minimum absolute atomic E-state index is 0.145. The zero-order valence-corrected chi connectivity index (χ0v) is 13.7. The van der Waals surface area contributed by atoms with Crippen LogP contribution < -0.4 is 5.32 Å². The maximum atomic E-state index is 12.2. The Morgan fingerprint density at radius 2 is 2.09 bits per heavy atom. The van der Waals surface area contributed by atoms with Crippen LogP contribution in [0.25, 0.3) is 0 Å². The second kappa shape index (κ2) is 5.80. The normalized spacial score (nSPS) is 17.8. The van der Waals surface area contributed by atoms with E-state index in [0.29, 0.717) is 5.56 Å². The molecule has 1 aromatic heterocycles. The minimum Gasteiger partial charge on any atom is -0.384 e. The molecule has 4 nitrogen and oxygen atoms in total. The van der Waals surface area contributed by atoms with Crippen molar-refractivity contribution in [3.63, 3.8) is 0 Å². The Labute approximate surface area is 139 Å². The van der Waals surface area contributed by atoms with Gasteiger partial charge < -0.3 is 10.4 Å². The number of nitrogens with one attached hydrogen (secondary N) is 1. The summed E-state index contributed by atoms with van der Waals surface area (Å²) in [4.78, 5) is 12.2. The van der Waals surface area contributed by atoms with Gasteiger partial charge in [-0.15, -0.1) is 0 Å². The molecule has 1 aromatic carbocycles. The number of nitriles is 1. The first-order chi connectivity index (χ1) is 11.0. The molecule has 2 aromatic rings. The van der Waals surface area contributed by atoms with Crippen LogP contribution in [-0.4, -0.2) is 17.6 Å².